The van der Waals surface area contributed by atoms with Crippen LogP contribution in [0.25, 0.3) is 0 Å². The van der Waals surface area contributed by atoms with E-state index >= 15 is 0 Å². The molecule has 0 bridgehead atoms. The Morgan fingerprint density at radius 1 is 1.47 bits per heavy atom. The molecule has 4 heteroatoms. The van der Waals surface area contributed by atoms with E-state index < -0.39 is 5.60 Å². The van der Waals surface area contributed by atoms with Crippen molar-refractivity contribution in [2.75, 3.05) is 19.7 Å². The number of carbonyl (C=O) groups is 1. The Balaban J connectivity index is 1.84. The first kappa shape index (κ1) is 12.8. The Hall–Kier alpha value is -0.610. The molecule has 2 atom stereocenters. The van der Waals surface area contributed by atoms with E-state index in [4.69, 9.17) is 4.74 Å². The van der Waals surface area contributed by atoms with Crippen molar-refractivity contribution in [1.82, 2.24) is 4.90 Å². The molecule has 0 spiro atoms. The third-order valence-electron chi connectivity index (χ3n) is 3.99. The van der Waals surface area contributed by atoms with Gasteiger partial charge < -0.3 is 9.84 Å². The molecule has 98 valence electrons. The minimum atomic E-state index is -0.646. The van der Waals surface area contributed by atoms with Gasteiger partial charge in [0.15, 0.2) is 0 Å². The molecule has 2 rings (SSSR count). The maximum Gasteiger partial charge on any atom is 0.309 e. The monoisotopic (exact) mass is 241 g/mol. The van der Waals surface area contributed by atoms with Crippen LogP contribution in [0.2, 0.25) is 0 Å². The Kier molecular flexibility index (Phi) is 3.73. The number of ether oxygens (including phenoxy) is 1. The Labute approximate surface area is 103 Å². The number of carbonyl (C=O) groups excluding carboxylic acids is 1. The highest BCUT2D eigenvalue weighted by molar-refractivity contribution is 5.74. The van der Waals surface area contributed by atoms with E-state index in [1.807, 2.05) is 13.8 Å². The van der Waals surface area contributed by atoms with Crippen molar-refractivity contribution in [3.8, 4) is 0 Å². The molecule has 2 aliphatic rings. The number of nitrogens with zero attached hydrogens (tertiary/aromatic N) is 1. The van der Waals surface area contributed by atoms with Crippen molar-refractivity contribution in [2.24, 2.45) is 5.92 Å². The molecule has 17 heavy (non-hydrogen) atoms. The van der Waals surface area contributed by atoms with Gasteiger partial charge in [0.25, 0.3) is 0 Å². The summed E-state index contributed by atoms with van der Waals surface area (Å²) in [6.07, 6.45) is 3.92. The lowest BCUT2D eigenvalue weighted by molar-refractivity contribution is -0.141. The van der Waals surface area contributed by atoms with Crippen LogP contribution in [0.15, 0.2) is 0 Å². The smallest absolute Gasteiger partial charge is 0.309 e. The second-order valence-electron chi connectivity index (χ2n) is 5.79. The lowest BCUT2D eigenvalue weighted by Crippen LogP contribution is -2.46. The van der Waals surface area contributed by atoms with Gasteiger partial charge in [-0.3, -0.25) is 9.69 Å². The largest absolute Gasteiger partial charge is 0.465 e. The maximum absolute atomic E-state index is 11.4. The highest BCUT2D eigenvalue weighted by atomic mass is 16.5. The topological polar surface area (TPSA) is 49.8 Å². The maximum atomic E-state index is 11.4. The zero-order valence-corrected chi connectivity index (χ0v) is 10.8. The minimum Gasteiger partial charge on any atom is -0.465 e. The van der Waals surface area contributed by atoms with Gasteiger partial charge in [-0.1, -0.05) is 0 Å². The number of rotatable bonds is 4. The highest BCUT2D eigenvalue weighted by Crippen LogP contribution is 2.28. The second-order valence-corrected chi connectivity index (χ2v) is 5.79. The average Bonchev–Trinajstić information content (AvgIpc) is 2.82. The molecule has 2 saturated heterocycles. The van der Waals surface area contributed by atoms with Gasteiger partial charge in [0.2, 0.25) is 0 Å². The molecule has 0 amide bonds. The predicted molar refractivity (Wildman–Crippen MR) is 64.6 cm³/mol. The van der Waals surface area contributed by atoms with Crippen LogP contribution in [0.4, 0.5) is 0 Å². The fourth-order valence-electron chi connectivity index (χ4n) is 3.02. The molecule has 2 unspecified atom stereocenters. The fraction of sp³-hybridized carbons (Fsp3) is 0.923. The first-order chi connectivity index (χ1) is 7.98. The second kappa shape index (κ2) is 4.94. The fourth-order valence-corrected chi connectivity index (χ4v) is 3.02. The summed E-state index contributed by atoms with van der Waals surface area (Å²) in [6.45, 7) is 6.27. The summed E-state index contributed by atoms with van der Waals surface area (Å²) in [5.74, 6) is 0.0436. The summed E-state index contributed by atoms with van der Waals surface area (Å²) in [6, 6.07) is 0.236. The third-order valence-corrected chi connectivity index (χ3v) is 3.99. The molecular formula is C13H23NO3. The summed E-state index contributed by atoms with van der Waals surface area (Å²) >= 11 is 0. The van der Waals surface area contributed by atoms with Crippen LogP contribution in [0, 0.1) is 5.92 Å². The van der Waals surface area contributed by atoms with Crippen LogP contribution in [0.5, 0.6) is 0 Å². The van der Waals surface area contributed by atoms with E-state index in [1.165, 1.54) is 0 Å². The SMILES string of the molecule is CC(C)(O)C1CCCN1CCC1CCOC1=O. The van der Waals surface area contributed by atoms with E-state index in [1.54, 1.807) is 0 Å². The highest BCUT2D eigenvalue weighted by Gasteiger charge is 2.36. The van der Waals surface area contributed by atoms with Gasteiger partial charge in [0.1, 0.15) is 0 Å². The van der Waals surface area contributed by atoms with Crippen molar-refractivity contribution >= 4 is 5.97 Å². The quantitative estimate of drug-likeness (QED) is 0.751. The van der Waals surface area contributed by atoms with Crippen molar-refractivity contribution in [2.45, 2.75) is 51.2 Å². The van der Waals surface area contributed by atoms with Crippen molar-refractivity contribution in [1.29, 1.82) is 0 Å². The van der Waals surface area contributed by atoms with Crippen LogP contribution in [0.1, 0.15) is 39.5 Å². The number of likely N-dealkylation sites (tertiary alicyclic amines) is 1. The Bertz CT molecular complexity index is 285. The first-order valence-electron chi connectivity index (χ1n) is 6.61. The third kappa shape index (κ3) is 2.99. The summed E-state index contributed by atoms with van der Waals surface area (Å²) in [5.41, 5.74) is -0.646. The molecule has 0 saturated carbocycles. The number of hydrogen-bond donors (Lipinski definition) is 1. The molecule has 2 aliphatic heterocycles. The number of cyclic esters (lactones) is 1. The van der Waals surface area contributed by atoms with E-state index in [-0.39, 0.29) is 17.9 Å². The number of esters is 1. The molecule has 1 N–H and O–H groups in total. The lowest BCUT2D eigenvalue weighted by atomic mass is 9.96. The van der Waals surface area contributed by atoms with E-state index in [2.05, 4.69) is 4.90 Å². The minimum absolute atomic E-state index is 0.0380. The van der Waals surface area contributed by atoms with Crippen LogP contribution < -0.4 is 0 Å². The Morgan fingerprint density at radius 3 is 2.82 bits per heavy atom. The molecule has 0 aromatic heterocycles. The van der Waals surface area contributed by atoms with Crippen LogP contribution in [0.3, 0.4) is 0 Å². The van der Waals surface area contributed by atoms with Gasteiger partial charge in [-0.25, -0.2) is 0 Å². The van der Waals surface area contributed by atoms with Crippen LogP contribution in [-0.4, -0.2) is 47.3 Å². The molecular weight excluding hydrogens is 218 g/mol. The molecule has 0 radical (unpaired) electrons. The van der Waals surface area contributed by atoms with Crippen molar-refractivity contribution in [3.05, 3.63) is 0 Å². The average molecular weight is 241 g/mol. The number of aliphatic hydroxyl groups is 1. The number of hydrogen-bond acceptors (Lipinski definition) is 4. The zero-order chi connectivity index (χ0) is 12.5. The Morgan fingerprint density at radius 2 is 2.24 bits per heavy atom. The summed E-state index contributed by atoms with van der Waals surface area (Å²) in [4.78, 5) is 13.7. The summed E-state index contributed by atoms with van der Waals surface area (Å²) in [7, 11) is 0. The van der Waals surface area contributed by atoms with Crippen LogP contribution >= 0.6 is 0 Å². The van der Waals surface area contributed by atoms with Gasteiger partial charge in [-0.2, -0.15) is 0 Å². The van der Waals surface area contributed by atoms with Crippen molar-refractivity contribution < 1.29 is 14.6 Å². The molecule has 2 fully saturated rings. The van der Waals surface area contributed by atoms with E-state index in [0.29, 0.717) is 6.61 Å². The van der Waals surface area contributed by atoms with E-state index in [9.17, 15) is 9.90 Å². The normalized spacial score (nSPS) is 30.9. The van der Waals surface area contributed by atoms with Crippen molar-refractivity contribution in [3.63, 3.8) is 0 Å². The van der Waals surface area contributed by atoms with E-state index in [0.717, 1.165) is 38.8 Å². The van der Waals surface area contributed by atoms with Gasteiger partial charge in [0, 0.05) is 6.04 Å². The molecule has 0 aromatic rings. The van der Waals surface area contributed by atoms with Gasteiger partial charge in [0.05, 0.1) is 18.1 Å². The molecule has 0 aromatic carbocycles. The summed E-state index contributed by atoms with van der Waals surface area (Å²) in [5, 5.41) is 10.1. The van der Waals surface area contributed by atoms with Gasteiger partial charge in [-0.05, 0) is 52.6 Å². The van der Waals surface area contributed by atoms with Crippen LogP contribution in [-0.2, 0) is 9.53 Å². The molecule has 4 nitrogen and oxygen atoms in total. The molecule has 0 aliphatic carbocycles. The van der Waals surface area contributed by atoms with Gasteiger partial charge >= 0.3 is 5.97 Å². The zero-order valence-electron chi connectivity index (χ0n) is 10.8. The first-order valence-corrected chi connectivity index (χ1v) is 6.61. The lowest BCUT2D eigenvalue weighted by Gasteiger charge is -2.34. The summed E-state index contributed by atoms with van der Waals surface area (Å²) < 4.78 is 4.97. The predicted octanol–water partition coefficient (Wildman–Crippen LogP) is 1.17. The standard InChI is InChI=1S/C13H23NO3/c1-13(2,16)11-4-3-7-14(11)8-5-10-6-9-17-12(10)15/h10-11,16H,3-9H2,1-2H3. The van der Waals surface area contributed by atoms with Gasteiger partial charge in [-0.15, -0.1) is 0 Å². The molecule has 2 heterocycles.